The molecule has 1 amide bonds. The van der Waals surface area contributed by atoms with Crippen LogP contribution in [0.4, 0.5) is 0 Å². The highest BCUT2D eigenvalue weighted by Crippen LogP contribution is 2.20. The van der Waals surface area contributed by atoms with E-state index in [2.05, 4.69) is 40.2 Å². The fraction of sp³-hybridized carbons (Fsp3) is 0.667. The maximum absolute atomic E-state index is 11.9. The average Bonchev–Trinajstić information content (AvgIpc) is 2.67. The third kappa shape index (κ3) is 4.01. The molecule has 0 fully saturated rings. The van der Waals surface area contributed by atoms with E-state index in [0.29, 0.717) is 18.1 Å². The molecule has 0 spiro atoms. The summed E-state index contributed by atoms with van der Waals surface area (Å²) < 4.78 is 6.61. The second-order valence-corrected chi connectivity index (χ2v) is 5.77. The summed E-state index contributed by atoms with van der Waals surface area (Å²) in [6, 6.07) is 1.63. The molecule has 0 aliphatic heterocycles. The van der Waals surface area contributed by atoms with Crippen molar-refractivity contribution < 1.29 is 9.53 Å². The zero-order valence-electron chi connectivity index (χ0n) is 11.3. The van der Waals surface area contributed by atoms with Gasteiger partial charge in [-0.25, -0.2) is 4.68 Å². The zero-order chi connectivity index (χ0) is 13.8. The summed E-state index contributed by atoms with van der Waals surface area (Å²) in [4.78, 5) is 11.9. The first-order valence-electron chi connectivity index (χ1n) is 5.82. The quantitative estimate of drug-likeness (QED) is 0.816. The molecule has 0 atom stereocenters. The lowest BCUT2D eigenvalue weighted by molar-refractivity contribution is 0.0930. The first-order valence-corrected chi connectivity index (χ1v) is 6.94. The van der Waals surface area contributed by atoms with Crippen LogP contribution in [-0.4, -0.2) is 34.7 Å². The molecule has 1 aromatic heterocycles. The number of halogens is 1. The van der Waals surface area contributed by atoms with Crippen molar-refractivity contribution in [2.45, 2.75) is 20.3 Å². The van der Waals surface area contributed by atoms with Gasteiger partial charge in [-0.2, -0.15) is 5.10 Å². The van der Waals surface area contributed by atoms with Gasteiger partial charge in [0.25, 0.3) is 5.91 Å². The summed E-state index contributed by atoms with van der Waals surface area (Å²) >= 11 is 3.41. The molecule has 0 aliphatic rings. The number of carbonyl (C=O) groups excluding carboxylic acids is 1. The van der Waals surface area contributed by atoms with Crippen LogP contribution in [-0.2, 0) is 7.05 Å². The van der Waals surface area contributed by atoms with Crippen molar-refractivity contribution in [3.05, 3.63) is 11.8 Å². The number of carbonyl (C=O) groups is 1. The summed E-state index contributed by atoms with van der Waals surface area (Å²) in [5, 5.41) is 7.92. The largest absolute Gasteiger partial charge is 0.481 e. The number of hydrogen-bond donors (Lipinski definition) is 1. The fourth-order valence-electron chi connectivity index (χ4n) is 1.51. The Hall–Kier alpha value is -1.04. The Kier molecular flexibility index (Phi) is 5.19. The second kappa shape index (κ2) is 6.22. The van der Waals surface area contributed by atoms with Crippen molar-refractivity contribution in [1.29, 1.82) is 0 Å². The topological polar surface area (TPSA) is 56.1 Å². The SMILES string of the molecule is COc1cc(C(=O)NCC(C)(C)CCBr)nn1C. The van der Waals surface area contributed by atoms with Crippen LogP contribution in [0.1, 0.15) is 30.8 Å². The molecule has 18 heavy (non-hydrogen) atoms. The van der Waals surface area contributed by atoms with Gasteiger partial charge in [-0.15, -0.1) is 0 Å². The molecule has 0 bridgehead atoms. The van der Waals surface area contributed by atoms with E-state index in [-0.39, 0.29) is 11.3 Å². The molecular weight excluding hydrogens is 298 g/mol. The third-order valence-corrected chi connectivity index (χ3v) is 3.17. The molecule has 1 heterocycles. The number of methoxy groups -OCH3 is 1. The van der Waals surface area contributed by atoms with Crippen LogP contribution in [0, 0.1) is 5.41 Å². The van der Waals surface area contributed by atoms with Gasteiger partial charge >= 0.3 is 0 Å². The predicted octanol–water partition coefficient (Wildman–Crippen LogP) is 1.97. The highest BCUT2D eigenvalue weighted by atomic mass is 79.9. The lowest BCUT2D eigenvalue weighted by Gasteiger charge is -2.23. The maximum atomic E-state index is 11.9. The monoisotopic (exact) mass is 317 g/mol. The van der Waals surface area contributed by atoms with Crippen molar-refractivity contribution in [1.82, 2.24) is 15.1 Å². The van der Waals surface area contributed by atoms with Gasteiger partial charge < -0.3 is 10.1 Å². The Morgan fingerprint density at radius 2 is 2.28 bits per heavy atom. The Bertz CT molecular complexity index is 415. The van der Waals surface area contributed by atoms with Crippen molar-refractivity contribution in [2.75, 3.05) is 19.0 Å². The molecule has 0 unspecified atom stereocenters. The Labute approximate surface area is 116 Å². The first-order chi connectivity index (χ1) is 8.39. The van der Waals surface area contributed by atoms with E-state index in [9.17, 15) is 4.79 Å². The number of hydrogen-bond acceptors (Lipinski definition) is 3. The van der Waals surface area contributed by atoms with Crippen LogP contribution >= 0.6 is 15.9 Å². The second-order valence-electron chi connectivity index (χ2n) is 4.98. The molecule has 1 aromatic rings. The minimum Gasteiger partial charge on any atom is -0.481 e. The number of amides is 1. The summed E-state index contributed by atoms with van der Waals surface area (Å²) in [5.74, 6) is 0.399. The third-order valence-electron chi connectivity index (χ3n) is 2.78. The summed E-state index contributed by atoms with van der Waals surface area (Å²) in [5.41, 5.74) is 0.446. The highest BCUT2D eigenvalue weighted by molar-refractivity contribution is 9.09. The summed E-state index contributed by atoms with van der Waals surface area (Å²) in [7, 11) is 3.29. The number of rotatable bonds is 6. The van der Waals surface area contributed by atoms with Gasteiger partial charge in [0.05, 0.1) is 7.11 Å². The highest BCUT2D eigenvalue weighted by Gasteiger charge is 2.20. The average molecular weight is 318 g/mol. The first kappa shape index (κ1) is 15.0. The minimum atomic E-state index is -0.170. The van der Waals surface area contributed by atoms with Crippen LogP contribution in [0.25, 0.3) is 0 Å². The van der Waals surface area contributed by atoms with Gasteiger partial charge in [-0.05, 0) is 11.8 Å². The van der Waals surface area contributed by atoms with E-state index in [1.54, 1.807) is 24.9 Å². The fourth-order valence-corrected chi connectivity index (χ4v) is 2.58. The number of alkyl halides is 1. The van der Waals surface area contributed by atoms with Gasteiger partial charge in [0.15, 0.2) is 5.69 Å². The molecule has 0 aromatic carbocycles. The molecule has 5 nitrogen and oxygen atoms in total. The van der Waals surface area contributed by atoms with Gasteiger partial charge in [0.1, 0.15) is 0 Å². The normalized spacial score (nSPS) is 11.4. The molecule has 6 heteroatoms. The van der Waals surface area contributed by atoms with E-state index >= 15 is 0 Å². The predicted molar refractivity (Wildman–Crippen MR) is 74.3 cm³/mol. The van der Waals surface area contributed by atoms with Gasteiger partial charge in [-0.3, -0.25) is 4.79 Å². The smallest absolute Gasteiger partial charge is 0.271 e. The zero-order valence-corrected chi connectivity index (χ0v) is 12.9. The molecule has 1 N–H and O–H groups in total. The van der Waals surface area contributed by atoms with Crippen LogP contribution in [0.3, 0.4) is 0 Å². The van der Waals surface area contributed by atoms with Crippen molar-refractivity contribution in [3.63, 3.8) is 0 Å². The number of aryl methyl sites for hydroxylation is 1. The molecule has 0 aliphatic carbocycles. The van der Waals surface area contributed by atoms with Crippen LogP contribution in [0.5, 0.6) is 5.88 Å². The van der Waals surface area contributed by atoms with Crippen LogP contribution in [0.15, 0.2) is 6.07 Å². The van der Waals surface area contributed by atoms with E-state index in [4.69, 9.17) is 4.74 Å². The minimum absolute atomic E-state index is 0.0675. The number of nitrogens with zero attached hydrogens (tertiary/aromatic N) is 2. The van der Waals surface area contributed by atoms with Crippen molar-refractivity contribution in [3.8, 4) is 5.88 Å². The lowest BCUT2D eigenvalue weighted by Crippen LogP contribution is -2.34. The number of ether oxygens (including phenoxy) is 1. The van der Waals surface area contributed by atoms with Crippen molar-refractivity contribution in [2.24, 2.45) is 12.5 Å². The maximum Gasteiger partial charge on any atom is 0.271 e. The van der Waals surface area contributed by atoms with Crippen molar-refractivity contribution >= 4 is 21.8 Å². The number of nitrogens with one attached hydrogen (secondary N) is 1. The summed E-state index contributed by atoms with van der Waals surface area (Å²) in [6.07, 6.45) is 0.999. The Balaban J connectivity index is 2.60. The number of aromatic nitrogens is 2. The standard InChI is InChI=1S/C12H20BrN3O2/c1-12(2,5-6-13)8-14-11(17)9-7-10(18-4)16(3)15-9/h7H,5-6,8H2,1-4H3,(H,14,17). The van der Waals surface area contributed by atoms with Gasteiger partial charge in [0.2, 0.25) is 5.88 Å². The molecule has 102 valence electrons. The molecule has 0 saturated heterocycles. The van der Waals surface area contributed by atoms with Gasteiger partial charge in [0, 0.05) is 25.0 Å². The molecule has 0 radical (unpaired) electrons. The van der Waals surface area contributed by atoms with Crippen LogP contribution < -0.4 is 10.1 Å². The molecular formula is C12H20BrN3O2. The lowest BCUT2D eigenvalue weighted by atomic mass is 9.90. The van der Waals surface area contributed by atoms with E-state index in [1.807, 2.05) is 0 Å². The van der Waals surface area contributed by atoms with Crippen LogP contribution in [0.2, 0.25) is 0 Å². The Morgan fingerprint density at radius 3 is 2.78 bits per heavy atom. The van der Waals surface area contributed by atoms with Gasteiger partial charge in [-0.1, -0.05) is 29.8 Å². The molecule has 1 rings (SSSR count). The summed E-state index contributed by atoms with van der Waals surface area (Å²) in [6.45, 7) is 4.86. The van der Waals surface area contributed by atoms with E-state index < -0.39 is 0 Å². The van der Waals surface area contributed by atoms with E-state index in [0.717, 1.165) is 11.8 Å². The Morgan fingerprint density at radius 1 is 1.61 bits per heavy atom. The molecule has 0 saturated carbocycles. The van der Waals surface area contributed by atoms with E-state index in [1.165, 1.54) is 0 Å².